The van der Waals surface area contributed by atoms with E-state index in [9.17, 15) is 9.50 Å². The van der Waals surface area contributed by atoms with E-state index in [-0.39, 0.29) is 5.82 Å². The largest absolute Gasteiger partial charge is 0.492 e. The fourth-order valence-electron chi connectivity index (χ4n) is 3.07. The number of β-amino-alcohol motifs (C(OH)–C–C–N with tert-alkyl or cyclic N) is 1. The van der Waals surface area contributed by atoms with E-state index in [4.69, 9.17) is 4.74 Å². The van der Waals surface area contributed by atoms with E-state index in [0.29, 0.717) is 18.9 Å². The molecule has 0 unspecified atom stereocenters. The Morgan fingerprint density at radius 2 is 1.68 bits per heavy atom. The molecule has 134 valence electrons. The molecular formula is C20H25FN2O2. The predicted octanol–water partition coefficient (Wildman–Crippen LogP) is 2.56. The average Bonchev–Trinajstić information content (AvgIpc) is 2.64. The molecule has 1 aliphatic heterocycles. The minimum absolute atomic E-state index is 0.275. The highest BCUT2D eigenvalue weighted by atomic mass is 19.1. The number of halogens is 1. The number of hydrogen-bond donors (Lipinski definition) is 1. The van der Waals surface area contributed by atoms with E-state index in [1.807, 2.05) is 30.3 Å². The molecule has 0 bridgehead atoms. The summed E-state index contributed by atoms with van der Waals surface area (Å²) in [6.45, 7) is 5.81. The van der Waals surface area contributed by atoms with E-state index in [0.717, 1.165) is 38.3 Å². The Morgan fingerprint density at radius 3 is 2.40 bits per heavy atom. The Morgan fingerprint density at radius 1 is 0.960 bits per heavy atom. The van der Waals surface area contributed by atoms with E-state index < -0.39 is 6.10 Å². The number of hydrogen-bond acceptors (Lipinski definition) is 4. The summed E-state index contributed by atoms with van der Waals surface area (Å²) in [5.74, 6) is 0.299. The van der Waals surface area contributed by atoms with Gasteiger partial charge in [0.2, 0.25) is 0 Å². The lowest BCUT2D eigenvalue weighted by Crippen LogP contribution is -2.48. The summed E-state index contributed by atoms with van der Waals surface area (Å²) in [5, 5.41) is 10.3. The first-order chi connectivity index (χ1) is 12.2. The van der Waals surface area contributed by atoms with Gasteiger partial charge in [-0.15, -0.1) is 0 Å². The molecule has 2 aromatic carbocycles. The third-order valence-electron chi connectivity index (χ3n) is 4.55. The first-order valence-electron chi connectivity index (χ1n) is 8.77. The minimum Gasteiger partial charge on any atom is -0.492 e. The maximum absolute atomic E-state index is 13.1. The van der Waals surface area contributed by atoms with Crippen molar-refractivity contribution in [3.05, 3.63) is 66.0 Å². The number of piperazine rings is 1. The average molecular weight is 344 g/mol. The fourth-order valence-corrected chi connectivity index (χ4v) is 3.07. The summed E-state index contributed by atoms with van der Waals surface area (Å²) in [6, 6.07) is 16.0. The van der Waals surface area contributed by atoms with Gasteiger partial charge in [-0.25, -0.2) is 4.39 Å². The van der Waals surface area contributed by atoms with Crippen LogP contribution in [0.1, 0.15) is 11.7 Å². The van der Waals surface area contributed by atoms with Crippen molar-refractivity contribution in [3.63, 3.8) is 0 Å². The van der Waals surface area contributed by atoms with Crippen molar-refractivity contribution >= 4 is 0 Å². The maximum Gasteiger partial charge on any atom is 0.126 e. The van der Waals surface area contributed by atoms with E-state index in [1.165, 1.54) is 12.1 Å². The van der Waals surface area contributed by atoms with Crippen molar-refractivity contribution in [2.75, 3.05) is 45.9 Å². The highest BCUT2D eigenvalue weighted by Crippen LogP contribution is 2.15. The summed E-state index contributed by atoms with van der Waals surface area (Å²) in [5.41, 5.74) is 0.966. The van der Waals surface area contributed by atoms with Crippen molar-refractivity contribution in [1.29, 1.82) is 0 Å². The van der Waals surface area contributed by atoms with Gasteiger partial charge in [-0.05, 0) is 17.7 Å². The number of rotatable bonds is 7. The highest BCUT2D eigenvalue weighted by molar-refractivity contribution is 5.22. The zero-order valence-corrected chi connectivity index (χ0v) is 14.4. The topological polar surface area (TPSA) is 35.9 Å². The smallest absolute Gasteiger partial charge is 0.126 e. The Labute approximate surface area is 148 Å². The van der Waals surface area contributed by atoms with Gasteiger partial charge in [-0.2, -0.15) is 0 Å². The lowest BCUT2D eigenvalue weighted by atomic mass is 10.1. The van der Waals surface area contributed by atoms with Gasteiger partial charge in [0.15, 0.2) is 0 Å². The summed E-state index contributed by atoms with van der Waals surface area (Å²) in [6.07, 6.45) is -0.441. The van der Waals surface area contributed by atoms with Gasteiger partial charge in [-0.3, -0.25) is 9.80 Å². The lowest BCUT2D eigenvalue weighted by Gasteiger charge is -2.35. The van der Waals surface area contributed by atoms with Crippen molar-refractivity contribution in [3.8, 4) is 5.75 Å². The second-order valence-corrected chi connectivity index (χ2v) is 6.37. The van der Waals surface area contributed by atoms with Crippen molar-refractivity contribution < 1.29 is 14.2 Å². The molecule has 5 heteroatoms. The van der Waals surface area contributed by atoms with Crippen molar-refractivity contribution in [2.45, 2.75) is 6.10 Å². The molecule has 0 aromatic heterocycles. The normalized spacial score (nSPS) is 17.4. The van der Waals surface area contributed by atoms with Gasteiger partial charge in [-0.1, -0.05) is 36.4 Å². The molecule has 0 radical (unpaired) electrons. The van der Waals surface area contributed by atoms with Gasteiger partial charge in [0, 0.05) is 45.3 Å². The van der Waals surface area contributed by atoms with E-state index >= 15 is 0 Å². The van der Waals surface area contributed by atoms with Crippen LogP contribution < -0.4 is 4.74 Å². The van der Waals surface area contributed by atoms with Crippen LogP contribution in [-0.4, -0.2) is 60.8 Å². The molecule has 4 nitrogen and oxygen atoms in total. The standard InChI is InChI=1S/C20H25FN2O2/c21-18-7-4-8-19(15-18)25-14-13-22-9-11-23(12-10-22)16-20(24)17-5-2-1-3-6-17/h1-8,15,20,24H,9-14,16H2/t20-/m0/s1. The monoisotopic (exact) mass is 344 g/mol. The van der Waals surface area contributed by atoms with Crippen molar-refractivity contribution in [2.24, 2.45) is 0 Å². The zero-order valence-electron chi connectivity index (χ0n) is 14.4. The summed E-state index contributed by atoms with van der Waals surface area (Å²) in [4.78, 5) is 4.63. The molecule has 25 heavy (non-hydrogen) atoms. The third-order valence-corrected chi connectivity index (χ3v) is 4.55. The molecule has 0 amide bonds. The molecule has 0 saturated carbocycles. The molecule has 1 atom stereocenters. The second-order valence-electron chi connectivity index (χ2n) is 6.37. The number of aliphatic hydroxyl groups excluding tert-OH is 1. The van der Waals surface area contributed by atoms with Crippen LogP contribution in [0, 0.1) is 5.82 Å². The predicted molar refractivity (Wildman–Crippen MR) is 96.2 cm³/mol. The van der Waals surface area contributed by atoms with Gasteiger partial charge in [0.25, 0.3) is 0 Å². The Balaban J connectivity index is 1.36. The van der Waals surface area contributed by atoms with Gasteiger partial charge < -0.3 is 9.84 Å². The van der Waals surface area contributed by atoms with Crippen molar-refractivity contribution in [1.82, 2.24) is 9.80 Å². The lowest BCUT2D eigenvalue weighted by molar-refractivity contribution is 0.0676. The molecule has 1 aliphatic rings. The molecule has 1 fully saturated rings. The number of nitrogens with zero attached hydrogens (tertiary/aromatic N) is 2. The van der Waals surface area contributed by atoms with Crippen LogP contribution >= 0.6 is 0 Å². The van der Waals surface area contributed by atoms with E-state index in [1.54, 1.807) is 12.1 Å². The van der Waals surface area contributed by atoms with Crippen LogP contribution in [0.4, 0.5) is 4.39 Å². The first-order valence-corrected chi connectivity index (χ1v) is 8.77. The highest BCUT2D eigenvalue weighted by Gasteiger charge is 2.19. The molecule has 1 heterocycles. The first kappa shape index (κ1) is 17.9. The van der Waals surface area contributed by atoms with E-state index in [2.05, 4.69) is 9.80 Å². The second kappa shape index (κ2) is 8.94. The molecule has 2 aromatic rings. The molecular weight excluding hydrogens is 319 g/mol. The SMILES string of the molecule is O[C@@H](CN1CCN(CCOc2cccc(F)c2)CC1)c1ccccc1. The summed E-state index contributed by atoms with van der Waals surface area (Å²) in [7, 11) is 0. The third kappa shape index (κ3) is 5.53. The zero-order chi connectivity index (χ0) is 17.5. The number of benzene rings is 2. The number of ether oxygens (including phenoxy) is 1. The van der Waals surface area contributed by atoms with Crippen LogP contribution in [0.25, 0.3) is 0 Å². The van der Waals surface area contributed by atoms with Crippen LogP contribution in [0.3, 0.4) is 0 Å². The number of aliphatic hydroxyl groups is 1. The van der Waals surface area contributed by atoms with Gasteiger partial charge in [0.1, 0.15) is 18.2 Å². The van der Waals surface area contributed by atoms with Crippen LogP contribution in [-0.2, 0) is 0 Å². The van der Waals surface area contributed by atoms with Gasteiger partial charge in [0.05, 0.1) is 6.10 Å². The quantitative estimate of drug-likeness (QED) is 0.837. The molecule has 0 spiro atoms. The maximum atomic E-state index is 13.1. The minimum atomic E-state index is -0.441. The Bertz CT molecular complexity index is 645. The molecule has 0 aliphatic carbocycles. The molecule has 1 N–H and O–H groups in total. The van der Waals surface area contributed by atoms with Crippen LogP contribution in [0.2, 0.25) is 0 Å². The Hall–Kier alpha value is -1.95. The summed E-state index contributed by atoms with van der Waals surface area (Å²) >= 11 is 0. The molecule has 3 rings (SSSR count). The fraction of sp³-hybridized carbons (Fsp3) is 0.400. The summed E-state index contributed by atoms with van der Waals surface area (Å²) < 4.78 is 18.7. The molecule has 1 saturated heterocycles. The van der Waals surface area contributed by atoms with Crippen LogP contribution in [0.15, 0.2) is 54.6 Å². The Kier molecular flexibility index (Phi) is 6.39. The van der Waals surface area contributed by atoms with Crippen LogP contribution in [0.5, 0.6) is 5.75 Å². The van der Waals surface area contributed by atoms with Gasteiger partial charge >= 0.3 is 0 Å².